The van der Waals surface area contributed by atoms with E-state index >= 15 is 0 Å². The van der Waals surface area contributed by atoms with Crippen LogP contribution < -0.4 is 5.32 Å². The number of aromatic nitrogens is 1. The van der Waals surface area contributed by atoms with Gasteiger partial charge in [-0.3, -0.25) is 4.98 Å². The number of rotatable bonds is 3. The molecular formula is C19H22FN3O2. The highest BCUT2D eigenvalue weighted by Crippen LogP contribution is 2.25. The third kappa shape index (κ3) is 4.33. The summed E-state index contributed by atoms with van der Waals surface area (Å²) in [5.74, 6) is -0.282. The number of hydrogen-bond donors (Lipinski definition) is 1. The molecule has 0 unspecified atom stereocenters. The summed E-state index contributed by atoms with van der Waals surface area (Å²) >= 11 is 0. The van der Waals surface area contributed by atoms with E-state index in [4.69, 9.17) is 4.74 Å². The number of nitrogens with zero attached hydrogens (tertiary/aromatic N) is 2. The average Bonchev–Trinajstić information content (AvgIpc) is 2.61. The minimum Gasteiger partial charge on any atom is -0.367 e. The van der Waals surface area contributed by atoms with Crippen molar-refractivity contribution in [2.75, 3.05) is 13.1 Å². The van der Waals surface area contributed by atoms with Crippen molar-refractivity contribution in [1.82, 2.24) is 15.2 Å². The molecule has 25 heavy (non-hydrogen) atoms. The fourth-order valence-corrected chi connectivity index (χ4v) is 2.96. The minimum absolute atomic E-state index is 0.0859. The van der Waals surface area contributed by atoms with Crippen molar-refractivity contribution in [2.45, 2.75) is 32.6 Å². The number of halogens is 1. The molecule has 1 aliphatic rings. The maximum absolute atomic E-state index is 13.1. The lowest BCUT2D eigenvalue weighted by Gasteiger charge is -2.37. The molecule has 3 rings (SSSR count). The van der Waals surface area contributed by atoms with Crippen LogP contribution in [0.5, 0.6) is 0 Å². The summed E-state index contributed by atoms with van der Waals surface area (Å²) in [7, 11) is 0. The van der Waals surface area contributed by atoms with Gasteiger partial charge < -0.3 is 15.0 Å². The minimum atomic E-state index is -0.282. The van der Waals surface area contributed by atoms with E-state index < -0.39 is 0 Å². The number of urea groups is 1. The van der Waals surface area contributed by atoms with Crippen molar-refractivity contribution in [2.24, 2.45) is 0 Å². The lowest BCUT2D eigenvalue weighted by molar-refractivity contribution is -0.0657. The normalized spacial score (nSPS) is 20.4. The number of aryl methyl sites for hydroxylation is 1. The first-order valence-corrected chi connectivity index (χ1v) is 8.36. The number of hydrogen-bond acceptors (Lipinski definition) is 3. The summed E-state index contributed by atoms with van der Waals surface area (Å²) in [5.41, 5.74) is 2.96. The highest BCUT2D eigenvalue weighted by atomic mass is 19.1. The molecule has 0 radical (unpaired) electrons. The number of nitrogens with one attached hydrogen (secondary N) is 1. The second kappa shape index (κ2) is 7.61. The zero-order chi connectivity index (χ0) is 17.8. The van der Waals surface area contributed by atoms with Crippen molar-refractivity contribution >= 4 is 6.03 Å². The van der Waals surface area contributed by atoms with Crippen LogP contribution in [0.4, 0.5) is 9.18 Å². The van der Waals surface area contributed by atoms with Crippen LogP contribution in [0.1, 0.15) is 29.7 Å². The zero-order valence-corrected chi connectivity index (χ0v) is 14.4. The first kappa shape index (κ1) is 17.4. The van der Waals surface area contributed by atoms with Gasteiger partial charge in [-0.15, -0.1) is 0 Å². The Hall–Kier alpha value is -2.47. The number of ether oxygens (including phenoxy) is 1. The first-order valence-electron chi connectivity index (χ1n) is 8.36. The molecule has 132 valence electrons. The molecule has 1 saturated heterocycles. The largest absolute Gasteiger partial charge is 0.367 e. The van der Waals surface area contributed by atoms with Gasteiger partial charge in [-0.2, -0.15) is 0 Å². The third-order valence-electron chi connectivity index (χ3n) is 4.36. The van der Waals surface area contributed by atoms with E-state index in [0.717, 1.165) is 16.7 Å². The lowest BCUT2D eigenvalue weighted by Crippen LogP contribution is -2.49. The smallest absolute Gasteiger partial charge is 0.317 e. The molecule has 0 saturated carbocycles. The Morgan fingerprint density at radius 2 is 2.08 bits per heavy atom. The highest BCUT2D eigenvalue weighted by Gasteiger charge is 2.29. The lowest BCUT2D eigenvalue weighted by atomic mass is 10.1. The monoisotopic (exact) mass is 343 g/mol. The van der Waals surface area contributed by atoms with Crippen molar-refractivity contribution in [3.05, 3.63) is 65.2 Å². The number of carbonyl (C=O) groups excluding carboxylic acids is 1. The fraction of sp³-hybridized carbons (Fsp3) is 0.368. The summed E-state index contributed by atoms with van der Waals surface area (Å²) in [4.78, 5) is 18.3. The van der Waals surface area contributed by atoms with Crippen molar-refractivity contribution < 1.29 is 13.9 Å². The van der Waals surface area contributed by atoms with E-state index in [1.165, 1.54) is 12.1 Å². The number of benzene rings is 1. The third-order valence-corrected chi connectivity index (χ3v) is 4.36. The van der Waals surface area contributed by atoms with Crippen LogP contribution >= 0.6 is 0 Å². The van der Waals surface area contributed by atoms with Gasteiger partial charge in [0.25, 0.3) is 0 Å². The van der Waals surface area contributed by atoms with Crippen molar-refractivity contribution in [3.8, 4) is 0 Å². The number of amides is 2. The molecule has 6 heteroatoms. The van der Waals surface area contributed by atoms with Crippen LogP contribution in [0.2, 0.25) is 0 Å². The van der Waals surface area contributed by atoms with Gasteiger partial charge in [0, 0.05) is 25.5 Å². The van der Waals surface area contributed by atoms with Crippen LogP contribution in [0.25, 0.3) is 0 Å². The molecule has 2 aromatic rings. The number of morpholine rings is 1. The quantitative estimate of drug-likeness (QED) is 0.931. The second-order valence-corrected chi connectivity index (χ2v) is 6.35. The van der Waals surface area contributed by atoms with E-state index in [1.54, 1.807) is 29.4 Å². The van der Waals surface area contributed by atoms with E-state index in [-0.39, 0.29) is 24.1 Å². The van der Waals surface area contributed by atoms with Crippen LogP contribution in [0, 0.1) is 12.7 Å². The van der Waals surface area contributed by atoms with Crippen LogP contribution in [-0.2, 0) is 11.3 Å². The van der Waals surface area contributed by atoms with Crippen molar-refractivity contribution in [1.29, 1.82) is 0 Å². The Kier molecular flexibility index (Phi) is 5.28. The number of pyridine rings is 1. The molecular weight excluding hydrogens is 321 g/mol. The summed E-state index contributed by atoms with van der Waals surface area (Å²) < 4.78 is 19.0. The topological polar surface area (TPSA) is 54.5 Å². The van der Waals surface area contributed by atoms with Crippen molar-refractivity contribution in [3.63, 3.8) is 0 Å². The standard InChI is InChI=1S/C19H22FN3O2/c1-13-9-21-8-7-16(13)10-22-19(24)23-11-14(2)25-18(12-23)15-3-5-17(20)6-4-15/h3-9,14,18H,10-12H2,1-2H3,(H,22,24)/t14-,18+/m1/s1. The Morgan fingerprint density at radius 1 is 1.32 bits per heavy atom. The highest BCUT2D eigenvalue weighted by molar-refractivity contribution is 5.74. The fourth-order valence-electron chi connectivity index (χ4n) is 2.96. The molecule has 1 aliphatic heterocycles. The molecule has 1 aromatic carbocycles. The molecule has 1 fully saturated rings. The maximum atomic E-state index is 13.1. The van der Waals surface area contributed by atoms with E-state index in [0.29, 0.717) is 19.6 Å². The van der Waals surface area contributed by atoms with Crippen LogP contribution in [0.3, 0.4) is 0 Å². The van der Waals surface area contributed by atoms with Gasteiger partial charge in [0.2, 0.25) is 0 Å². The van der Waals surface area contributed by atoms with E-state index in [2.05, 4.69) is 10.3 Å². The molecule has 0 bridgehead atoms. The summed E-state index contributed by atoms with van der Waals surface area (Å²) in [6, 6.07) is 8.00. The van der Waals surface area contributed by atoms with Gasteiger partial charge in [0.05, 0.1) is 12.6 Å². The summed E-state index contributed by atoms with van der Waals surface area (Å²) in [6.45, 7) is 5.33. The van der Waals surface area contributed by atoms with Crippen LogP contribution in [0.15, 0.2) is 42.7 Å². The van der Waals surface area contributed by atoms with Gasteiger partial charge in [0.15, 0.2) is 0 Å². The second-order valence-electron chi connectivity index (χ2n) is 6.35. The van der Waals surface area contributed by atoms with Gasteiger partial charge in [-0.1, -0.05) is 12.1 Å². The predicted octanol–water partition coefficient (Wildman–Crippen LogP) is 3.20. The van der Waals surface area contributed by atoms with E-state index in [1.807, 2.05) is 19.9 Å². The van der Waals surface area contributed by atoms with Gasteiger partial charge in [-0.05, 0) is 48.7 Å². The SMILES string of the molecule is Cc1cnccc1CNC(=O)N1C[C@@H](C)O[C@H](c2ccc(F)cc2)C1. The number of carbonyl (C=O) groups is 1. The Balaban J connectivity index is 1.63. The predicted molar refractivity (Wildman–Crippen MR) is 92.5 cm³/mol. The van der Waals surface area contributed by atoms with Gasteiger partial charge >= 0.3 is 6.03 Å². The summed E-state index contributed by atoms with van der Waals surface area (Å²) in [6.07, 6.45) is 3.16. The molecule has 0 spiro atoms. The Labute approximate surface area is 146 Å². The molecule has 2 amide bonds. The summed E-state index contributed by atoms with van der Waals surface area (Å²) in [5, 5.41) is 2.95. The Morgan fingerprint density at radius 3 is 2.80 bits per heavy atom. The molecule has 1 N–H and O–H groups in total. The van der Waals surface area contributed by atoms with Gasteiger partial charge in [0.1, 0.15) is 11.9 Å². The zero-order valence-electron chi connectivity index (χ0n) is 14.4. The van der Waals surface area contributed by atoms with Crippen LogP contribution in [-0.4, -0.2) is 35.1 Å². The molecule has 5 nitrogen and oxygen atoms in total. The molecule has 0 aliphatic carbocycles. The molecule has 1 aromatic heterocycles. The molecule has 2 atom stereocenters. The molecule has 2 heterocycles. The average molecular weight is 343 g/mol. The Bertz CT molecular complexity index is 736. The van der Waals surface area contributed by atoms with Gasteiger partial charge in [-0.25, -0.2) is 9.18 Å². The maximum Gasteiger partial charge on any atom is 0.317 e. The first-order chi connectivity index (χ1) is 12.0. The van der Waals surface area contributed by atoms with E-state index in [9.17, 15) is 9.18 Å².